The monoisotopic (exact) mass is 181 g/mol. The number of Topliss-reactive ketones (excluding diaryl/α,β-unsaturated/α-hetero) is 1. The summed E-state index contributed by atoms with van der Waals surface area (Å²) in [5.74, 6) is -0.329. The Labute approximate surface area is 76.6 Å². The number of halogens is 1. The summed E-state index contributed by atoms with van der Waals surface area (Å²) in [7, 11) is 0. The van der Waals surface area contributed by atoms with E-state index in [1.54, 1.807) is 12.1 Å². The second-order valence-corrected chi connectivity index (χ2v) is 3.05. The van der Waals surface area contributed by atoms with Crippen molar-refractivity contribution < 1.29 is 9.18 Å². The van der Waals surface area contributed by atoms with Crippen LogP contribution in [0.4, 0.5) is 4.39 Å². The molecule has 0 aliphatic rings. The number of hydrogen-bond acceptors (Lipinski definition) is 2. The van der Waals surface area contributed by atoms with E-state index in [4.69, 9.17) is 5.73 Å². The minimum atomic E-state index is -0.481. The Kier molecular flexibility index (Phi) is 3.14. The molecule has 3 heteroatoms. The summed E-state index contributed by atoms with van der Waals surface area (Å²) >= 11 is 0. The zero-order valence-corrected chi connectivity index (χ0v) is 7.46. The topological polar surface area (TPSA) is 43.1 Å². The molecule has 0 fully saturated rings. The molecular formula is C10H12FNO. The van der Waals surface area contributed by atoms with Crippen LogP contribution in [-0.4, -0.2) is 11.8 Å². The summed E-state index contributed by atoms with van der Waals surface area (Å²) in [5, 5.41) is 0. The lowest BCUT2D eigenvalue weighted by Crippen LogP contribution is -2.30. The number of rotatable bonds is 3. The Morgan fingerprint density at radius 2 is 2.00 bits per heavy atom. The summed E-state index contributed by atoms with van der Waals surface area (Å²) in [6.45, 7) is 1.45. The quantitative estimate of drug-likeness (QED) is 0.763. The number of benzene rings is 1. The van der Waals surface area contributed by atoms with E-state index < -0.39 is 6.04 Å². The summed E-state index contributed by atoms with van der Waals surface area (Å²) in [5.41, 5.74) is 6.42. The third-order valence-corrected chi connectivity index (χ3v) is 1.89. The molecule has 0 aliphatic heterocycles. The van der Waals surface area contributed by atoms with Crippen LogP contribution in [0.5, 0.6) is 0 Å². The Balaban J connectivity index is 2.64. The average Bonchev–Trinajstić information content (AvgIpc) is 2.08. The van der Waals surface area contributed by atoms with Gasteiger partial charge in [-0.1, -0.05) is 12.1 Å². The van der Waals surface area contributed by atoms with Gasteiger partial charge in [0.2, 0.25) is 0 Å². The van der Waals surface area contributed by atoms with Gasteiger partial charge in [-0.15, -0.1) is 0 Å². The third kappa shape index (κ3) is 2.95. The van der Waals surface area contributed by atoms with Gasteiger partial charge in [-0.3, -0.25) is 4.79 Å². The van der Waals surface area contributed by atoms with Crippen LogP contribution in [0.25, 0.3) is 0 Å². The highest BCUT2D eigenvalue weighted by molar-refractivity contribution is 5.81. The number of ketones is 1. The Hall–Kier alpha value is -1.22. The van der Waals surface area contributed by atoms with E-state index in [2.05, 4.69) is 0 Å². The van der Waals surface area contributed by atoms with Crippen LogP contribution in [0.2, 0.25) is 0 Å². The fourth-order valence-electron chi connectivity index (χ4n) is 1.02. The summed E-state index contributed by atoms with van der Waals surface area (Å²) in [4.78, 5) is 10.8. The van der Waals surface area contributed by atoms with Crippen LogP contribution in [-0.2, 0) is 11.2 Å². The van der Waals surface area contributed by atoms with Crippen molar-refractivity contribution in [2.24, 2.45) is 5.73 Å². The maximum absolute atomic E-state index is 12.5. The van der Waals surface area contributed by atoms with Gasteiger partial charge < -0.3 is 5.73 Å². The number of carbonyl (C=O) groups excluding carboxylic acids is 1. The van der Waals surface area contributed by atoms with E-state index in [9.17, 15) is 9.18 Å². The average molecular weight is 181 g/mol. The van der Waals surface area contributed by atoms with Crippen molar-refractivity contribution in [2.45, 2.75) is 19.4 Å². The fraction of sp³-hybridized carbons (Fsp3) is 0.300. The third-order valence-electron chi connectivity index (χ3n) is 1.89. The molecular weight excluding hydrogens is 169 g/mol. The molecule has 1 aromatic carbocycles. The van der Waals surface area contributed by atoms with Gasteiger partial charge in [0.05, 0.1) is 6.04 Å². The highest BCUT2D eigenvalue weighted by atomic mass is 19.1. The lowest BCUT2D eigenvalue weighted by atomic mass is 10.0. The minimum absolute atomic E-state index is 0.0516. The molecule has 1 rings (SSSR count). The molecule has 0 aliphatic carbocycles. The lowest BCUT2D eigenvalue weighted by Gasteiger charge is -2.06. The van der Waals surface area contributed by atoms with E-state index >= 15 is 0 Å². The van der Waals surface area contributed by atoms with Crippen LogP contribution in [0.1, 0.15) is 12.5 Å². The van der Waals surface area contributed by atoms with Crippen molar-refractivity contribution >= 4 is 5.78 Å². The second kappa shape index (κ2) is 4.14. The highest BCUT2D eigenvalue weighted by Gasteiger charge is 2.08. The van der Waals surface area contributed by atoms with E-state index in [0.717, 1.165) is 5.56 Å². The van der Waals surface area contributed by atoms with Gasteiger partial charge >= 0.3 is 0 Å². The number of hydrogen-bond donors (Lipinski definition) is 1. The molecule has 2 nitrogen and oxygen atoms in total. The van der Waals surface area contributed by atoms with Crippen LogP contribution < -0.4 is 5.73 Å². The maximum atomic E-state index is 12.5. The molecule has 0 radical (unpaired) electrons. The molecule has 0 spiro atoms. The number of carbonyl (C=O) groups is 1. The standard InChI is InChI=1S/C10H12FNO/c1-7(13)10(12)6-8-2-4-9(11)5-3-8/h2-5,10H,6,12H2,1H3. The van der Waals surface area contributed by atoms with Crippen molar-refractivity contribution in [3.8, 4) is 0 Å². The predicted octanol–water partition coefficient (Wildman–Crippen LogP) is 1.28. The summed E-state index contributed by atoms with van der Waals surface area (Å²) in [6.07, 6.45) is 0.468. The molecule has 1 aromatic rings. The molecule has 2 N–H and O–H groups in total. The van der Waals surface area contributed by atoms with Crippen molar-refractivity contribution in [1.29, 1.82) is 0 Å². The molecule has 0 heterocycles. The minimum Gasteiger partial charge on any atom is -0.321 e. The largest absolute Gasteiger partial charge is 0.321 e. The van der Waals surface area contributed by atoms with Gasteiger partial charge in [-0.2, -0.15) is 0 Å². The molecule has 1 atom stereocenters. The molecule has 0 saturated heterocycles. The number of nitrogens with two attached hydrogens (primary N) is 1. The zero-order chi connectivity index (χ0) is 9.84. The van der Waals surface area contributed by atoms with Gasteiger partial charge in [0.15, 0.2) is 0 Å². The van der Waals surface area contributed by atoms with Crippen LogP contribution >= 0.6 is 0 Å². The lowest BCUT2D eigenvalue weighted by molar-refractivity contribution is -0.118. The maximum Gasteiger partial charge on any atom is 0.146 e. The van der Waals surface area contributed by atoms with E-state index in [0.29, 0.717) is 6.42 Å². The molecule has 70 valence electrons. The highest BCUT2D eigenvalue weighted by Crippen LogP contribution is 2.05. The van der Waals surface area contributed by atoms with Crippen LogP contribution in [0.15, 0.2) is 24.3 Å². The predicted molar refractivity (Wildman–Crippen MR) is 48.8 cm³/mol. The Bertz CT molecular complexity index is 294. The van der Waals surface area contributed by atoms with Crippen LogP contribution in [0, 0.1) is 5.82 Å². The van der Waals surface area contributed by atoms with E-state index in [1.165, 1.54) is 19.1 Å². The summed E-state index contributed by atoms with van der Waals surface area (Å²) in [6, 6.07) is 5.52. The molecule has 0 saturated carbocycles. The van der Waals surface area contributed by atoms with Crippen LogP contribution in [0.3, 0.4) is 0 Å². The van der Waals surface area contributed by atoms with Crippen molar-refractivity contribution in [3.63, 3.8) is 0 Å². The first-order valence-corrected chi connectivity index (χ1v) is 4.10. The first kappa shape index (κ1) is 9.86. The first-order chi connectivity index (χ1) is 6.09. The smallest absolute Gasteiger partial charge is 0.146 e. The molecule has 1 unspecified atom stereocenters. The first-order valence-electron chi connectivity index (χ1n) is 4.10. The van der Waals surface area contributed by atoms with Crippen molar-refractivity contribution in [1.82, 2.24) is 0 Å². The van der Waals surface area contributed by atoms with Gasteiger partial charge in [0.1, 0.15) is 11.6 Å². The Morgan fingerprint density at radius 3 is 2.46 bits per heavy atom. The second-order valence-electron chi connectivity index (χ2n) is 3.05. The Morgan fingerprint density at radius 1 is 1.46 bits per heavy atom. The molecule has 13 heavy (non-hydrogen) atoms. The SMILES string of the molecule is CC(=O)C(N)Cc1ccc(F)cc1. The molecule has 0 amide bonds. The summed E-state index contributed by atoms with van der Waals surface area (Å²) < 4.78 is 12.5. The van der Waals surface area contributed by atoms with Crippen molar-refractivity contribution in [3.05, 3.63) is 35.6 Å². The van der Waals surface area contributed by atoms with Gasteiger partial charge in [0.25, 0.3) is 0 Å². The van der Waals surface area contributed by atoms with E-state index in [-0.39, 0.29) is 11.6 Å². The van der Waals surface area contributed by atoms with Crippen molar-refractivity contribution in [2.75, 3.05) is 0 Å². The van der Waals surface area contributed by atoms with E-state index in [1.807, 2.05) is 0 Å². The molecule has 0 bridgehead atoms. The van der Waals surface area contributed by atoms with Gasteiger partial charge in [-0.25, -0.2) is 4.39 Å². The fourth-order valence-corrected chi connectivity index (χ4v) is 1.02. The molecule has 0 aromatic heterocycles. The normalized spacial score (nSPS) is 12.5. The van der Waals surface area contributed by atoms with Gasteiger partial charge in [0, 0.05) is 0 Å². The van der Waals surface area contributed by atoms with Gasteiger partial charge in [-0.05, 0) is 31.0 Å². The zero-order valence-electron chi connectivity index (χ0n) is 7.46.